The number of hydrogen-bond donors (Lipinski definition) is 0. The van der Waals surface area contributed by atoms with Crippen LogP contribution in [0.2, 0.25) is 0 Å². The first-order valence-electron chi connectivity index (χ1n) is 6.17. The molecule has 0 N–H and O–H groups in total. The molecule has 0 bridgehead atoms. The van der Waals surface area contributed by atoms with E-state index < -0.39 is 5.97 Å². The normalized spacial score (nSPS) is 10.1. The van der Waals surface area contributed by atoms with Gasteiger partial charge in [0, 0.05) is 13.6 Å². The molecule has 1 aromatic rings. The highest BCUT2D eigenvalue weighted by Gasteiger charge is 2.14. The summed E-state index contributed by atoms with van der Waals surface area (Å²) in [5.41, 5.74) is 0.942. The Kier molecular flexibility index (Phi) is 5.99. The third kappa shape index (κ3) is 5.50. The van der Waals surface area contributed by atoms with E-state index in [0.29, 0.717) is 13.0 Å². The van der Waals surface area contributed by atoms with Crippen molar-refractivity contribution in [3.8, 4) is 0 Å². The third-order valence-corrected chi connectivity index (χ3v) is 2.68. The van der Waals surface area contributed by atoms with E-state index in [0.717, 1.165) is 5.56 Å². The van der Waals surface area contributed by atoms with Crippen molar-refractivity contribution in [3.05, 3.63) is 35.6 Å². The fraction of sp³-hybridized carbons (Fsp3) is 0.429. The number of ether oxygens (including phenoxy) is 1. The molecule has 0 fully saturated rings. The Bertz CT molecular complexity index is 431. The second-order valence-electron chi connectivity index (χ2n) is 4.17. The van der Waals surface area contributed by atoms with Crippen molar-refractivity contribution in [2.45, 2.75) is 19.8 Å². The maximum absolute atomic E-state index is 12.7. The van der Waals surface area contributed by atoms with Gasteiger partial charge in [0.1, 0.15) is 12.2 Å². The lowest BCUT2D eigenvalue weighted by Crippen LogP contribution is -2.31. The van der Waals surface area contributed by atoms with Gasteiger partial charge in [-0.15, -0.1) is 0 Å². The minimum absolute atomic E-state index is 0.242. The lowest BCUT2D eigenvalue weighted by atomic mass is 10.1. The summed E-state index contributed by atoms with van der Waals surface area (Å²) in [4.78, 5) is 24.3. The van der Waals surface area contributed by atoms with E-state index in [4.69, 9.17) is 4.74 Å². The van der Waals surface area contributed by atoms with Crippen LogP contribution in [0.3, 0.4) is 0 Å². The van der Waals surface area contributed by atoms with Gasteiger partial charge in [-0.2, -0.15) is 0 Å². The molecule has 0 spiro atoms. The number of hydrogen-bond acceptors (Lipinski definition) is 3. The van der Waals surface area contributed by atoms with Crippen LogP contribution >= 0.6 is 0 Å². The second-order valence-corrected chi connectivity index (χ2v) is 4.17. The smallest absolute Gasteiger partial charge is 0.315 e. The largest absolute Gasteiger partial charge is 0.466 e. The number of halogens is 1. The number of benzene rings is 1. The zero-order valence-corrected chi connectivity index (χ0v) is 11.2. The number of carbonyl (C=O) groups is 2. The zero-order valence-electron chi connectivity index (χ0n) is 11.2. The number of amides is 1. The first kappa shape index (κ1) is 15.1. The topological polar surface area (TPSA) is 46.6 Å². The van der Waals surface area contributed by atoms with Gasteiger partial charge in [-0.1, -0.05) is 12.1 Å². The van der Waals surface area contributed by atoms with Crippen LogP contribution in [0.1, 0.15) is 18.9 Å². The average Bonchev–Trinajstić information content (AvgIpc) is 2.37. The SMILES string of the molecule is CCOC(=O)CC(=O)N(C)CCc1ccc(F)cc1. The van der Waals surface area contributed by atoms with Crippen molar-refractivity contribution in [2.24, 2.45) is 0 Å². The van der Waals surface area contributed by atoms with E-state index in [1.54, 1.807) is 26.1 Å². The molecule has 4 nitrogen and oxygen atoms in total. The zero-order chi connectivity index (χ0) is 14.3. The molecular formula is C14H18FNO3. The summed E-state index contributed by atoms with van der Waals surface area (Å²) < 4.78 is 17.4. The van der Waals surface area contributed by atoms with Crippen LogP contribution < -0.4 is 0 Å². The van der Waals surface area contributed by atoms with Crippen molar-refractivity contribution >= 4 is 11.9 Å². The Morgan fingerprint density at radius 3 is 2.47 bits per heavy atom. The fourth-order valence-corrected chi connectivity index (χ4v) is 1.54. The molecule has 1 rings (SSSR count). The number of carbonyl (C=O) groups excluding carboxylic acids is 2. The Labute approximate surface area is 112 Å². The molecule has 1 amide bonds. The molecule has 0 heterocycles. The van der Waals surface area contributed by atoms with E-state index in [-0.39, 0.29) is 24.8 Å². The van der Waals surface area contributed by atoms with Gasteiger partial charge in [0.05, 0.1) is 6.61 Å². The lowest BCUT2D eigenvalue weighted by Gasteiger charge is -2.16. The van der Waals surface area contributed by atoms with Crippen molar-refractivity contribution in [1.82, 2.24) is 4.90 Å². The molecule has 104 valence electrons. The molecule has 0 aromatic heterocycles. The van der Waals surface area contributed by atoms with E-state index in [2.05, 4.69) is 0 Å². The highest BCUT2D eigenvalue weighted by molar-refractivity contribution is 5.94. The standard InChI is InChI=1S/C14H18FNO3/c1-3-19-14(18)10-13(17)16(2)9-8-11-4-6-12(15)7-5-11/h4-7H,3,8-10H2,1-2H3. The third-order valence-electron chi connectivity index (χ3n) is 2.68. The van der Waals surface area contributed by atoms with Crippen LogP contribution in [-0.2, 0) is 20.7 Å². The second kappa shape index (κ2) is 7.51. The van der Waals surface area contributed by atoms with Crippen molar-refractivity contribution in [2.75, 3.05) is 20.2 Å². The Morgan fingerprint density at radius 1 is 1.26 bits per heavy atom. The van der Waals surface area contributed by atoms with Gasteiger partial charge in [0.2, 0.25) is 5.91 Å². The number of nitrogens with zero attached hydrogens (tertiary/aromatic N) is 1. The highest BCUT2D eigenvalue weighted by atomic mass is 19.1. The Hall–Kier alpha value is -1.91. The van der Waals surface area contributed by atoms with Gasteiger partial charge in [-0.3, -0.25) is 9.59 Å². The predicted molar refractivity (Wildman–Crippen MR) is 69.0 cm³/mol. The van der Waals surface area contributed by atoms with Crippen molar-refractivity contribution in [1.29, 1.82) is 0 Å². The summed E-state index contributed by atoms with van der Waals surface area (Å²) >= 11 is 0. The van der Waals surface area contributed by atoms with Crippen LogP contribution in [0.25, 0.3) is 0 Å². The average molecular weight is 267 g/mol. The number of rotatable bonds is 6. The van der Waals surface area contributed by atoms with Gasteiger partial charge in [-0.05, 0) is 31.0 Å². The summed E-state index contributed by atoms with van der Waals surface area (Å²) in [6, 6.07) is 6.13. The van der Waals surface area contributed by atoms with Gasteiger partial charge in [0.25, 0.3) is 0 Å². The molecule has 5 heteroatoms. The molecular weight excluding hydrogens is 249 g/mol. The highest BCUT2D eigenvalue weighted by Crippen LogP contribution is 2.04. The van der Waals surface area contributed by atoms with Crippen LogP contribution in [0, 0.1) is 5.82 Å². The van der Waals surface area contributed by atoms with Gasteiger partial charge < -0.3 is 9.64 Å². The number of esters is 1. The first-order chi connectivity index (χ1) is 9.02. The molecule has 1 aromatic carbocycles. The summed E-state index contributed by atoms with van der Waals surface area (Å²) in [5, 5.41) is 0. The minimum atomic E-state index is -0.513. The molecule has 19 heavy (non-hydrogen) atoms. The van der Waals surface area contributed by atoms with E-state index in [1.165, 1.54) is 17.0 Å². The van der Waals surface area contributed by atoms with Gasteiger partial charge in [0.15, 0.2) is 0 Å². The molecule has 0 radical (unpaired) electrons. The predicted octanol–water partition coefficient (Wildman–Crippen LogP) is 1.78. The maximum Gasteiger partial charge on any atom is 0.315 e. The minimum Gasteiger partial charge on any atom is -0.466 e. The molecule has 0 saturated carbocycles. The maximum atomic E-state index is 12.7. The van der Waals surface area contributed by atoms with Crippen LogP contribution in [0.4, 0.5) is 4.39 Å². The van der Waals surface area contributed by atoms with Gasteiger partial charge in [-0.25, -0.2) is 4.39 Å². The monoisotopic (exact) mass is 267 g/mol. The molecule has 0 atom stereocenters. The first-order valence-corrected chi connectivity index (χ1v) is 6.17. The van der Waals surface area contributed by atoms with Crippen LogP contribution in [0.15, 0.2) is 24.3 Å². The van der Waals surface area contributed by atoms with Gasteiger partial charge >= 0.3 is 5.97 Å². The van der Waals surface area contributed by atoms with E-state index in [9.17, 15) is 14.0 Å². The van der Waals surface area contributed by atoms with E-state index >= 15 is 0 Å². The molecule has 0 aliphatic heterocycles. The van der Waals surface area contributed by atoms with Crippen molar-refractivity contribution < 1.29 is 18.7 Å². The van der Waals surface area contributed by atoms with E-state index in [1.807, 2.05) is 0 Å². The lowest BCUT2D eigenvalue weighted by molar-refractivity contribution is -0.148. The summed E-state index contributed by atoms with van der Waals surface area (Å²) in [6.07, 6.45) is 0.374. The summed E-state index contributed by atoms with van der Waals surface area (Å²) in [7, 11) is 1.63. The Morgan fingerprint density at radius 2 is 1.89 bits per heavy atom. The molecule has 0 unspecified atom stereocenters. The fourth-order valence-electron chi connectivity index (χ4n) is 1.54. The quantitative estimate of drug-likeness (QED) is 0.583. The summed E-state index contributed by atoms with van der Waals surface area (Å²) in [5.74, 6) is -1.07. The Balaban J connectivity index is 2.38. The number of likely N-dealkylation sites (N-methyl/N-ethyl adjacent to an activating group) is 1. The summed E-state index contributed by atoms with van der Waals surface area (Å²) in [6.45, 7) is 2.44. The molecule has 0 aliphatic rings. The van der Waals surface area contributed by atoms with Crippen LogP contribution in [0.5, 0.6) is 0 Å². The van der Waals surface area contributed by atoms with Crippen LogP contribution in [-0.4, -0.2) is 37.0 Å². The van der Waals surface area contributed by atoms with Crippen molar-refractivity contribution in [3.63, 3.8) is 0 Å². The molecule has 0 aliphatic carbocycles. The molecule has 0 saturated heterocycles.